The Morgan fingerprint density at radius 3 is 2.42 bits per heavy atom. The molecule has 2 aromatic carbocycles. The minimum atomic E-state index is -1.16. The number of anilines is 1. The maximum Gasteiger partial charge on any atom is 0.269 e. The summed E-state index contributed by atoms with van der Waals surface area (Å²) in [6.45, 7) is 1.90. The molecule has 7 nitrogen and oxygen atoms in total. The molecular formula is C24H20ClN3O4S. The van der Waals surface area contributed by atoms with Gasteiger partial charge in [0.25, 0.3) is 11.8 Å². The molecule has 168 valence electrons. The largest absolute Gasteiger partial charge is 0.274 e. The normalized spacial score (nSPS) is 15.6. The number of hydrogen-bond acceptors (Lipinski definition) is 5. The number of aryl methyl sites for hydroxylation is 1. The van der Waals surface area contributed by atoms with Crippen LogP contribution < -0.4 is 10.3 Å². The maximum absolute atomic E-state index is 13.2. The number of thiophene rings is 1. The monoisotopic (exact) mass is 481 g/mol. The average Bonchev–Trinajstić information content (AvgIpc) is 3.40. The Morgan fingerprint density at radius 1 is 1.09 bits per heavy atom. The molecule has 4 rings (SSSR count). The molecule has 1 unspecified atom stereocenters. The van der Waals surface area contributed by atoms with Crippen molar-refractivity contribution in [2.75, 3.05) is 4.90 Å². The van der Waals surface area contributed by atoms with E-state index in [-0.39, 0.29) is 12.8 Å². The summed E-state index contributed by atoms with van der Waals surface area (Å²) in [6.07, 6.45) is -0.253. The van der Waals surface area contributed by atoms with Crippen molar-refractivity contribution < 1.29 is 19.2 Å². The molecule has 33 heavy (non-hydrogen) atoms. The molecule has 1 N–H and O–H groups in total. The van der Waals surface area contributed by atoms with Crippen molar-refractivity contribution in [3.8, 4) is 0 Å². The number of carbonyl (C=O) groups is 4. The molecule has 1 aliphatic heterocycles. The highest BCUT2D eigenvalue weighted by Crippen LogP contribution is 2.27. The van der Waals surface area contributed by atoms with Crippen LogP contribution in [-0.2, 0) is 20.8 Å². The second-order valence-corrected chi connectivity index (χ2v) is 9.06. The van der Waals surface area contributed by atoms with Gasteiger partial charge in [0.15, 0.2) is 0 Å². The van der Waals surface area contributed by atoms with E-state index in [0.717, 1.165) is 20.3 Å². The zero-order chi connectivity index (χ0) is 23.5. The number of rotatable bonds is 5. The lowest BCUT2D eigenvalue weighted by molar-refractivity contribution is -0.140. The lowest BCUT2D eigenvalue weighted by atomic mass is 10.1. The van der Waals surface area contributed by atoms with E-state index in [1.807, 2.05) is 18.4 Å². The van der Waals surface area contributed by atoms with E-state index in [0.29, 0.717) is 16.3 Å². The van der Waals surface area contributed by atoms with E-state index in [9.17, 15) is 19.2 Å². The van der Waals surface area contributed by atoms with E-state index in [1.54, 1.807) is 54.6 Å². The summed E-state index contributed by atoms with van der Waals surface area (Å²) in [5.74, 6) is -2.08. The topological polar surface area (TPSA) is 86.8 Å². The first-order valence-electron chi connectivity index (χ1n) is 10.2. The molecule has 1 aliphatic rings. The van der Waals surface area contributed by atoms with Crippen molar-refractivity contribution in [2.45, 2.75) is 25.8 Å². The third kappa shape index (κ3) is 4.97. The van der Waals surface area contributed by atoms with Gasteiger partial charge in [0.05, 0.1) is 18.5 Å². The van der Waals surface area contributed by atoms with Gasteiger partial charge in [-0.2, -0.15) is 0 Å². The summed E-state index contributed by atoms with van der Waals surface area (Å²) in [5.41, 5.74) is 4.23. The van der Waals surface area contributed by atoms with Crippen LogP contribution in [0.15, 0.2) is 66.0 Å². The molecule has 0 saturated carbocycles. The number of benzene rings is 2. The molecule has 1 aromatic heterocycles. The van der Waals surface area contributed by atoms with Crippen LogP contribution in [0.4, 0.5) is 5.69 Å². The first kappa shape index (κ1) is 22.7. The predicted molar refractivity (Wildman–Crippen MR) is 126 cm³/mol. The number of nitrogens with zero attached hydrogens (tertiary/aromatic N) is 2. The third-order valence-electron chi connectivity index (χ3n) is 5.23. The van der Waals surface area contributed by atoms with E-state index in [2.05, 4.69) is 5.43 Å². The first-order chi connectivity index (χ1) is 15.8. The van der Waals surface area contributed by atoms with Gasteiger partial charge in [-0.25, -0.2) is 9.91 Å². The Bertz CT molecular complexity index is 1190. The van der Waals surface area contributed by atoms with Gasteiger partial charge in [-0.15, -0.1) is 11.3 Å². The SMILES string of the molecule is Cc1ccc(C(=O)NN(C(=O)Cc2cccs2)C2CC(=O)N(c3ccc(Cl)cc3)C2=O)cc1. The van der Waals surface area contributed by atoms with Gasteiger partial charge < -0.3 is 0 Å². The average molecular weight is 482 g/mol. The van der Waals surface area contributed by atoms with Crippen LogP contribution in [0, 0.1) is 6.92 Å². The second-order valence-electron chi connectivity index (χ2n) is 7.59. The lowest BCUT2D eigenvalue weighted by Gasteiger charge is -2.28. The van der Waals surface area contributed by atoms with Crippen molar-refractivity contribution in [1.29, 1.82) is 0 Å². The van der Waals surface area contributed by atoms with Gasteiger partial charge in [-0.05, 0) is 54.8 Å². The van der Waals surface area contributed by atoms with Crippen LogP contribution in [-0.4, -0.2) is 34.7 Å². The number of amides is 4. The maximum atomic E-state index is 13.2. The Kier molecular flexibility index (Phi) is 6.57. The highest BCUT2D eigenvalue weighted by Gasteiger charge is 2.45. The predicted octanol–water partition coefficient (Wildman–Crippen LogP) is 3.76. The molecule has 2 heterocycles. The summed E-state index contributed by atoms with van der Waals surface area (Å²) >= 11 is 7.31. The number of nitrogens with one attached hydrogen (secondary N) is 1. The Labute approximate surface area is 199 Å². The highest BCUT2D eigenvalue weighted by atomic mass is 35.5. The second kappa shape index (κ2) is 9.56. The van der Waals surface area contributed by atoms with Crippen LogP contribution in [0.1, 0.15) is 27.2 Å². The smallest absolute Gasteiger partial charge is 0.269 e. The number of imide groups is 1. The number of halogens is 1. The van der Waals surface area contributed by atoms with Crippen molar-refractivity contribution in [2.24, 2.45) is 0 Å². The molecule has 0 radical (unpaired) electrons. The summed E-state index contributed by atoms with van der Waals surface area (Å²) in [5, 5.41) is 3.30. The molecule has 3 aromatic rings. The minimum Gasteiger partial charge on any atom is -0.274 e. The molecule has 9 heteroatoms. The summed E-state index contributed by atoms with van der Waals surface area (Å²) in [6, 6.07) is 15.5. The summed E-state index contributed by atoms with van der Waals surface area (Å²) < 4.78 is 0. The van der Waals surface area contributed by atoms with Crippen molar-refractivity contribution >= 4 is 52.3 Å². The fourth-order valence-corrected chi connectivity index (χ4v) is 4.34. The van der Waals surface area contributed by atoms with E-state index < -0.39 is 29.7 Å². The van der Waals surface area contributed by atoms with Crippen molar-refractivity contribution in [3.63, 3.8) is 0 Å². The van der Waals surface area contributed by atoms with Gasteiger partial charge in [0, 0.05) is 15.5 Å². The van der Waals surface area contributed by atoms with E-state index in [1.165, 1.54) is 11.3 Å². The molecule has 4 amide bonds. The fourth-order valence-electron chi connectivity index (χ4n) is 3.52. The summed E-state index contributed by atoms with van der Waals surface area (Å²) in [7, 11) is 0. The zero-order valence-electron chi connectivity index (χ0n) is 17.7. The molecule has 1 saturated heterocycles. The number of carbonyl (C=O) groups excluding carboxylic acids is 4. The molecule has 0 aliphatic carbocycles. The molecule has 0 spiro atoms. The Hall–Kier alpha value is -3.49. The zero-order valence-corrected chi connectivity index (χ0v) is 19.2. The molecule has 1 fully saturated rings. The minimum absolute atomic E-state index is 0.00917. The van der Waals surface area contributed by atoms with Gasteiger partial charge in [0.2, 0.25) is 11.8 Å². The van der Waals surface area contributed by atoms with Crippen LogP contribution in [0.25, 0.3) is 0 Å². The van der Waals surface area contributed by atoms with E-state index >= 15 is 0 Å². The quantitative estimate of drug-likeness (QED) is 0.444. The van der Waals surface area contributed by atoms with Crippen LogP contribution in [0.2, 0.25) is 5.02 Å². The third-order valence-corrected chi connectivity index (χ3v) is 6.36. The summed E-state index contributed by atoms with van der Waals surface area (Å²) in [4.78, 5) is 53.8. The molecular weight excluding hydrogens is 462 g/mol. The standard InChI is InChI=1S/C24H20ClN3O4S/c1-15-4-6-16(7-5-15)23(31)26-28(22(30)13-19-3-2-12-33-19)20-14-21(29)27(24(20)32)18-10-8-17(25)9-11-18/h2-12,20H,13-14H2,1H3,(H,26,31). The van der Waals surface area contributed by atoms with Gasteiger partial charge in [-0.1, -0.05) is 35.4 Å². The first-order valence-corrected chi connectivity index (χ1v) is 11.4. The van der Waals surface area contributed by atoms with E-state index in [4.69, 9.17) is 11.6 Å². The van der Waals surface area contributed by atoms with Gasteiger partial charge in [-0.3, -0.25) is 24.6 Å². The van der Waals surface area contributed by atoms with Crippen LogP contribution in [0.5, 0.6) is 0 Å². The Morgan fingerprint density at radius 2 is 1.79 bits per heavy atom. The number of hydrazine groups is 1. The van der Waals surface area contributed by atoms with Crippen molar-refractivity contribution in [1.82, 2.24) is 10.4 Å². The fraction of sp³-hybridized carbons (Fsp3) is 0.167. The Balaban J connectivity index is 1.61. The van der Waals surface area contributed by atoms with Crippen molar-refractivity contribution in [3.05, 3.63) is 87.1 Å². The molecule has 1 atom stereocenters. The molecule has 0 bridgehead atoms. The van der Waals surface area contributed by atoms with Crippen LogP contribution >= 0.6 is 22.9 Å². The lowest BCUT2D eigenvalue weighted by Crippen LogP contribution is -2.55. The van der Waals surface area contributed by atoms with Gasteiger partial charge in [0.1, 0.15) is 6.04 Å². The highest BCUT2D eigenvalue weighted by molar-refractivity contribution is 7.10. The van der Waals surface area contributed by atoms with Gasteiger partial charge >= 0.3 is 0 Å². The number of hydrogen-bond donors (Lipinski definition) is 1. The van der Waals surface area contributed by atoms with Crippen LogP contribution in [0.3, 0.4) is 0 Å².